The first kappa shape index (κ1) is 14.5. The van der Waals surface area contributed by atoms with Gasteiger partial charge in [0.1, 0.15) is 16.8 Å². The molecule has 0 saturated heterocycles. The van der Waals surface area contributed by atoms with Crippen LogP contribution in [0.5, 0.6) is 5.75 Å². The standard InChI is InChI=1S/C15H15N3O3S/c1-10-8-11(2)15(9-14(10)21-3)22(19,20)18-13-7-5-4-6-12(13)16-17-18/h4-9H,1-3H3. The summed E-state index contributed by atoms with van der Waals surface area (Å²) in [5.41, 5.74) is 2.49. The monoisotopic (exact) mass is 317 g/mol. The normalized spacial score (nSPS) is 11.8. The molecular weight excluding hydrogens is 302 g/mol. The second kappa shape index (κ2) is 5.10. The maximum Gasteiger partial charge on any atom is 0.285 e. The molecule has 2 aromatic carbocycles. The predicted molar refractivity (Wildman–Crippen MR) is 82.6 cm³/mol. The number of ether oxygens (including phenoxy) is 1. The van der Waals surface area contributed by atoms with Crippen LogP contribution in [0.4, 0.5) is 0 Å². The van der Waals surface area contributed by atoms with Crippen molar-refractivity contribution in [2.45, 2.75) is 18.7 Å². The molecule has 3 rings (SSSR count). The lowest BCUT2D eigenvalue weighted by Crippen LogP contribution is -2.16. The molecule has 0 saturated carbocycles. The van der Waals surface area contributed by atoms with E-state index in [1.54, 1.807) is 37.3 Å². The van der Waals surface area contributed by atoms with Crippen LogP contribution in [0.25, 0.3) is 11.0 Å². The zero-order valence-corrected chi connectivity index (χ0v) is 13.3. The topological polar surface area (TPSA) is 74.1 Å². The molecule has 114 valence electrons. The Labute approximate surface area is 128 Å². The van der Waals surface area contributed by atoms with Crippen LogP contribution in [-0.4, -0.2) is 29.9 Å². The molecule has 0 radical (unpaired) electrons. The number of hydrogen-bond donors (Lipinski definition) is 0. The number of methoxy groups -OCH3 is 1. The van der Waals surface area contributed by atoms with E-state index in [-0.39, 0.29) is 4.90 Å². The molecule has 22 heavy (non-hydrogen) atoms. The van der Waals surface area contributed by atoms with Gasteiger partial charge < -0.3 is 4.74 Å². The molecule has 0 aliphatic carbocycles. The number of para-hydroxylation sites is 1. The lowest BCUT2D eigenvalue weighted by atomic mass is 10.1. The van der Waals surface area contributed by atoms with Crippen molar-refractivity contribution in [1.82, 2.24) is 14.4 Å². The van der Waals surface area contributed by atoms with E-state index < -0.39 is 10.0 Å². The van der Waals surface area contributed by atoms with Gasteiger partial charge in [-0.15, -0.1) is 9.19 Å². The van der Waals surface area contributed by atoms with Gasteiger partial charge in [0.15, 0.2) is 0 Å². The maximum atomic E-state index is 12.9. The number of fused-ring (bicyclic) bond motifs is 1. The minimum Gasteiger partial charge on any atom is -0.496 e. The minimum absolute atomic E-state index is 0.158. The van der Waals surface area contributed by atoms with E-state index in [1.165, 1.54) is 13.2 Å². The van der Waals surface area contributed by atoms with Crippen molar-refractivity contribution in [3.63, 3.8) is 0 Å². The van der Waals surface area contributed by atoms with Crippen LogP contribution < -0.4 is 4.74 Å². The Morgan fingerprint density at radius 1 is 1.09 bits per heavy atom. The zero-order chi connectivity index (χ0) is 15.9. The van der Waals surface area contributed by atoms with E-state index >= 15 is 0 Å². The Bertz CT molecular complexity index is 961. The van der Waals surface area contributed by atoms with E-state index in [0.717, 1.165) is 9.65 Å². The Kier molecular flexibility index (Phi) is 3.37. The van der Waals surface area contributed by atoms with Crippen LogP contribution in [-0.2, 0) is 10.0 Å². The van der Waals surface area contributed by atoms with Crippen molar-refractivity contribution in [3.8, 4) is 5.75 Å². The number of aromatic nitrogens is 3. The molecule has 3 aromatic rings. The molecule has 0 fully saturated rings. The highest BCUT2D eigenvalue weighted by Crippen LogP contribution is 2.28. The van der Waals surface area contributed by atoms with Crippen molar-refractivity contribution in [2.24, 2.45) is 0 Å². The summed E-state index contributed by atoms with van der Waals surface area (Å²) in [7, 11) is -2.33. The van der Waals surface area contributed by atoms with Gasteiger partial charge in [0.25, 0.3) is 10.0 Å². The third kappa shape index (κ3) is 2.14. The van der Waals surface area contributed by atoms with Crippen LogP contribution in [0.1, 0.15) is 11.1 Å². The largest absolute Gasteiger partial charge is 0.496 e. The summed E-state index contributed by atoms with van der Waals surface area (Å²) >= 11 is 0. The Morgan fingerprint density at radius 2 is 1.82 bits per heavy atom. The van der Waals surface area contributed by atoms with Crippen molar-refractivity contribution in [2.75, 3.05) is 7.11 Å². The SMILES string of the molecule is COc1cc(S(=O)(=O)n2nnc3ccccc32)c(C)cc1C. The lowest BCUT2D eigenvalue weighted by molar-refractivity contribution is 0.410. The fourth-order valence-corrected chi connectivity index (χ4v) is 3.88. The molecule has 1 aromatic heterocycles. The van der Waals surface area contributed by atoms with E-state index in [1.807, 2.05) is 6.92 Å². The minimum atomic E-state index is -3.84. The Balaban J connectivity index is 2.27. The van der Waals surface area contributed by atoms with Crippen LogP contribution >= 0.6 is 0 Å². The second-order valence-corrected chi connectivity index (χ2v) is 6.75. The van der Waals surface area contributed by atoms with Gasteiger partial charge in [-0.3, -0.25) is 0 Å². The summed E-state index contributed by atoms with van der Waals surface area (Å²) in [4.78, 5) is 0.158. The van der Waals surface area contributed by atoms with Gasteiger partial charge in [-0.05, 0) is 37.1 Å². The van der Waals surface area contributed by atoms with Gasteiger partial charge >= 0.3 is 0 Å². The smallest absolute Gasteiger partial charge is 0.285 e. The molecule has 0 bridgehead atoms. The molecule has 7 heteroatoms. The van der Waals surface area contributed by atoms with Crippen molar-refractivity contribution in [1.29, 1.82) is 0 Å². The summed E-state index contributed by atoms with van der Waals surface area (Å²) in [6.07, 6.45) is 0. The van der Waals surface area contributed by atoms with Gasteiger partial charge in [0.2, 0.25) is 0 Å². The highest BCUT2D eigenvalue weighted by molar-refractivity contribution is 7.90. The summed E-state index contributed by atoms with van der Waals surface area (Å²) in [5, 5.41) is 7.70. The first-order valence-corrected chi connectivity index (χ1v) is 8.10. The maximum absolute atomic E-state index is 12.9. The number of hydrogen-bond acceptors (Lipinski definition) is 5. The molecule has 0 unspecified atom stereocenters. The third-order valence-electron chi connectivity index (χ3n) is 3.52. The summed E-state index contributed by atoms with van der Waals surface area (Å²) in [6, 6.07) is 10.2. The van der Waals surface area contributed by atoms with Gasteiger partial charge in [-0.25, -0.2) is 0 Å². The molecule has 0 aliphatic rings. The van der Waals surface area contributed by atoms with Crippen molar-refractivity contribution >= 4 is 21.1 Å². The van der Waals surface area contributed by atoms with Crippen molar-refractivity contribution < 1.29 is 13.2 Å². The molecule has 0 amide bonds. The van der Waals surface area contributed by atoms with Crippen LogP contribution in [0.15, 0.2) is 41.3 Å². The van der Waals surface area contributed by atoms with Gasteiger partial charge in [-0.1, -0.05) is 23.4 Å². The molecule has 0 aliphatic heterocycles. The number of nitrogens with zero attached hydrogens (tertiary/aromatic N) is 3. The van der Waals surface area contributed by atoms with E-state index in [2.05, 4.69) is 10.3 Å². The van der Waals surface area contributed by atoms with E-state index in [4.69, 9.17) is 4.74 Å². The fraction of sp³-hybridized carbons (Fsp3) is 0.200. The number of rotatable bonds is 3. The molecule has 0 spiro atoms. The first-order valence-electron chi connectivity index (χ1n) is 6.66. The van der Waals surface area contributed by atoms with Crippen LogP contribution in [0.2, 0.25) is 0 Å². The van der Waals surface area contributed by atoms with Crippen LogP contribution in [0.3, 0.4) is 0 Å². The summed E-state index contributed by atoms with van der Waals surface area (Å²) in [5.74, 6) is 0.522. The summed E-state index contributed by atoms with van der Waals surface area (Å²) < 4.78 is 32.0. The highest BCUT2D eigenvalue weighted by atomic mass is 32.2. The van der Waals surface area contributed by atoms with Crippen molar-refractivity contribution in [3.05, 3.63) is 47.5 Å². The number of benzene rings is 2. The quantitative estimate of drug-likeness (QED) is 0.741. The predicted octanol–water partition coefficient (Wildman–Crippen LogP) is 2.29. The second-order valence-electron chi connectivity index (χ2n) is 5.01. The Morgan fingerprint density at radius 3 is 2.55 bits per heavy atom. The summed E-state index contributed by atoms with van der Waals surface area (Å²) in [6.45, 7) is 3.62. The van der Waals surface area contributed by atoms with Gasteiger partial charge in [0.05, 0.1) is 12.0 Å². The molecule has 0 atom stereocenters. The highest BCUT2D eigenvalue weighted by Gasteiger charge is 2.24. The molecule has 0 N–H and O–H groups in total. The average Bonchev–Trinajstić information content (AvgIpc) is 2.91. The zero-order valence-electron chi connectivity index (χ0n) is 12.4. The fourth-order valence-electron chi connectivity index (χ4n) is 2.43. The lowest BCUT2D eigenvalue weighted by Gasteiger charge is -2.12. The van der Waals surface area contributed by atoms with E-state index in [9.17, 15) is 8.42 Å². The Hall–Kier alpha value is -2.41. The van der Waals surface area contributed by atoms with Gasteiger partial charge in [0, 0.05) is 6.07 Å². The average molecular weight is 317 g/mol. The molecular formula is C15H15N3O3S. The molecule has 1 heterocycles. The van der Waals surface area contributed by atoms with Gasteiger partial charge in [-0.2, -0.15) is 8.42 Å². The molecule has 6 nitrogen and oxygen atoms in total. The first-order chi connectivity index (χ1) is 10.4. The van der Waals surface area contributed by atoms with Crippen LogP contribution in [0, 0.1) is 13.8 Å². The third-order valence-corrected chi connectivity index (χ3v) is 5.24. The number of aryl methyl sites for hydroxylation is 2. The van der Waals surface area contributed by atoms with E-state index in [0.29, 0.717) is 22.3 Å².